The molecule has 3 heteroatoms. The van der Waals surface area contributed by atoms with Gasteiger partial charge in [0, 0.05) is 4.83 Å². The summed E-state index contributed by atoms with van der Waals surface area (Å²) in [5.41, 5.74) is 4.82. The minimum absolute atomic E-state index is 0.0687. The number of aryl methyl sites for hydroxylation is 1. The summed E-state index contributed by atoms with van der Waals surface area (Å²) < 4.78 is 0. The number of fused-ring (bicyclic) bond motifs is 1. The maximum Gasteiger partial charge on any atom is 0.224 e. The van der Waals surface area contributed by atoms with Gasteiger partial charge in [-0.15, -0.1) is 0 Å². The topological polar surface area (TPSA) is 29.1 Å². The zero-order valence-corrected chi connectivity index (χ0v) is 13.6. The van der Waals surface area contributed by atoms with Gasteiger partial charge in [0.15, 0.2) is 0 Å². The lowest BCUT2D eigenvalue weighted by Gasteiger charge is -2.17. The molecule has 21 heavy (non-hydrogen) atoms. The van der Waals surface area contributed by atoms with Crippen molar-refractivity contribution in [1.82, 2.24) is 5.32 Å². The van der Waals surface area contributed by atoms with Crippen LogP contribution in [-0.2, 0) is 17.6 Å². The Balaban J connectivity index is 1.69. The summed E-state index contributed by atoms with van der Waals surface area (Å²) in [6, 6.07) is 16.5. The van der Waals surface area contributed by atoms with E-state index in [1.165, 1.54) is 16.7 Å². The van der Waals surface area contributed by atoms with Gasteiger partial charge in [-0.25, -0.2) is 0 Å². The summed E-state index contributed by atoms with van der Waals surface area (Å²) in [5, 5.41) is 3.16. The lowest BCUT2D eigenvalue weighted by molar-refractivity contribution is -0.121. The van der Waals surface area contributed by atoms with Crippen LogP contribution in [-0.4, -0.2) is 10.7 Å². The molecular formula is C18H18BrNO. The van der Waals surface area contributed by atoms with E-state index in [4.69, 9.17) is 0 Å². The average molecular weight is 344 g/mol. The summed E-state index contributed by atoms with van der Waals surface area (Å²) in [5.74, 6) is 0.0741. The molecule has 0 fully saturated rings. The van der Waals surface area contributed by atoms with Crippen molar-refractivity contribution in [3.63, 3.8) is 0 Å². The Morgan fingerprint density at radius 2 is 1.90 bits per heavy atom. The maximum atomic E-state index is 12.3. The highest BCUT2D eigenvalue weighted by atomic mass is 79.9. The Labute approximate surface area is 133 Å². The Morgan fingerprint density at radius 1 is 1.19 bits per heavy atom. The number of amides is 1. The highest BCUT2D eigenvalue weighted by molar-refractivity contribution is 9.09. The fraction of sp³-hybridized carbons (Fsp3) is 0.278. The molecule has 2 nitrogen and oxygen atoms in total. The molecule has 0 aliphatic heterocycles. The molecule has 1 N–H and O–H groups in total. The lowest BCUT2D eigenvalue weighted by Crippen LogP contribution is -2.32. The molecule has 1 aliphatic carbocycles. The van der Waals surface area contributed by atoms with E-state index in [1.807, 2.05) is 30.3 Å². The van der Waals surface area contributed by atoms with Crippen molar-refractivity contribution in [2.45, 2.75) is 30.6 Å². The minimum atomic E-state index is 0.0687. The van der Waals surface area contributed by atoms with Gasteiger partial charge in [-0.2, -0.15) is 0 Å². The van der Waals surface area contributed by atoms with Gasteiger partial charge in [-0.05, 0) is 30.0 Å². The molecule has 2 aromatic rings. The number of benzene rings is 2. The van der Waals surface area contributed by atoms with Gasteiger partial charge < -0.3 is 5.32 Å². The van der Waals surface area contributed by atoms with Crippen LogP contribution in [0.4, 0.5) is 0 Å². The number of carbonyl (C=O) groups is 1. The normalized spacial score (nSPS) is 20.1. The molecule has 3 rings (SSSR count). The summed E-state index contributed by atoms with van der Waals surface area (Å²) in [7, 11) is 0. The summed E-state index contributed by atoms with van der Waals surface area (Å²) in [6.07, 6.45) is 1.39. The molecule has 1 aliphatic rings. The third-order valence-corrected chi connectivity index (χ3v) is 4.82. The number of carbonyl (C=O) groups excluding carboxylic acids is 1. The molecule has 0 bridgehead atoms. The molecule has 2 atom stereocenters. The molecule has 0 spiro atoms. The van der Waals surface area contributed by atoms with E-state index in [0.717, 1.165) is 12.0 Å². The molecule has 0 aromatic heterocycles. The van der Waals surface area contributed by atoms with Crippen LogP contribution in [0.1, 0.15) is 28.3 Å². The second-order valence-corrected chi connectivity index (χ2v) is 6.80. The third-order valence-electron chi connectivity index (χ3n) is 3.97. The van der Waals surface area contributed by atoms with Gasteiger partial charge >= 0.3 is 0 Å². The Bertz CT molecular complexity index is 651. The van der Waals surface area contributed by atoms with Crippen molar-refractivity contribution in [3.8, 4) is 0 Å². The predicted molar refractivity (Wildman–Crippen MR) is 88.6 cm³/mol. The number of alkyl halides is 1. The number of rotatable bonds is 3. The quantitative estimate of drug-likeness (QED) is 0.845. The van der Waals surface area contributed by atoms with E-state index in [9.17, 15) is 4.79 Å². The maximum absolute atomic E-state index is 12.3. The van der Waals surface area contributed by atoms with Crippen molar-refractivity contribution >= 4 is 21.8 Å². The van der Waals surface area contributed by atoms with E-state index < -0.39 is 0 Å². The largest absolute Gasteiger partial charge is 0.348 e. The number of hydrogen-bond acceptors (Lipinski definition) is 1. The van der Waals surface area contributed by atoms with E-state index in [1.54, 1.807) is 0 Å². The van der Waals surface area contributed by atoms with Gasteiger partial charge in [-0.1, -0.05) is 70.0 Å². The highest BCUT2D eigenvalue weighted by Crippen LogP contribution is 2.35. The van der Waals surface area contributed by atoms with Crippen molar-refractivity contribution < 1.29 is 4.79 Å². The first-order valence-corrected chi connectivity index (χ1v) is 8.12. The Morgan fingerprint density at radius 3 is 2.67 bits per heavy atom. The average Bonchev–Trinajstić information content (AvgIpc) is 2.78. The molecular weight excluding hydrogens is 326 g/mol. The molecule has 2 aromatic carbocycles. The first kappa shape index (κ1) is 14.3. The summed E-state index contributed by atoms with van der Waals surface area (Å²) in [4.78, 5) is 12.6. The van der Waals surface area contributed by atoms with Crippen molar-refractivity contribution in [2.24, 2.45) is 0 Å². The van der Waals surface area contributed by atoms with Gasteiger partial charge in [0.05, 0.1) is 12.5 Å². The molecule has 0 heterocycles. The summed E-state index contributed by atoms with van der Waals surface area (Å²) in [6.45, 7) is 2.05. The fourth-order valence-electron chi connectivity index (χ4n) is 2.83. The van der Waals surface area contributed by atoms with E-state index in [-0.39, 0.29) is 16.8 Å². The zero-order valence-electron chi connectivity index (χ0n) is 12.0. The first-order valence-electron chi connectivity index (χ1n) is 7.20. The van der Waals surface area contributed by atoms with Gasteiger partial charge in [-0.3, -0.25) is 4.79 Å². The minimum Gasteiger partial charge on any atom is -0.348 e. The van der Waals surface area contributed by atoms with E-state index >= 15 is 0 Å². The van der Waals surface area contributed by atoms with E-state index in [0.29, 0.717) is 6.42 Å². The van der Waals surface area contributed by atoms with Crippen LogP contribution in [0.3, 0.4) is 0 Å². The highest BCUT2D eigenvalue weighted by Gasteiger charge is 2.31. The predicted octanol–water partition coefficient (Wildman–Crippen LogP) is 3.71. The van der Waals surface area contributed by atoms with Gasteiger partial charge in [0.1, 0.15) is 0 Å². The molecule has 1 amide bonds. The smallest absolute Gasteiger partial charge is 0.224 e. The van der Waals surface area contributed by atoms with Crippen molar-refractivity contribution in [1.29, 1.82) is 0 Å². The Kier molecular flexibility index (Phi) is 4.11. The van der Waals surface area contributed by atoms with Gasteiger partial charge in [0.2, 0.25) is 5.91 Å². The lowest BCUT2D eigenvalue weighted by atomic mass is 10.1. The van der Waals surface area contributed by atoms with Crippen LogP contribution >= 0.6 is 15.9 Å². The fourth-order valence-corrected chi connectivity index (χ4v) is 3.60. The standard InChI is InChI=1S/C18H18BrNO/c1-12-6-8-13(9-7-12)10-17(21)20-18-15-5-3-2-4-14(15)11-16(18)19/h2-9,16,18H,10-11H2,1H3,(H,20,21). The Hall–Kier alpha value is -1.61. The summed E-state index contributed by atoms with van der Waals surface area (Å²) >= 11 is 3.69. The second kappa shape index (κ2) is 6.02. The van der Waals surface area contributed by atoms with Crippen LogP contribution < -0.4 is 5.32 Å². The van der Waals surface area contributed by atoms with Gasteiger partial charge in [0.25, 0.3) is 0 Å². The molecule has 2 unspecified atom stereocenters. The molecule has 0 saturated heterocycles. The first-order chi connectivity index (χ1) is 10.1. The SMILES string of the molecule is Cc1ccc(CC(=O)NC2c3ccccc3CC2Br)cc1. The second-order valence-electron chi connectivity index (χ2n) is 5.63. The van der Waals surface area contributed by atoms with Crippen LogP contribution in [0.15, 0.2) is 48.5 Å². The number of hydrogen-bond donors (Lipinski definition) is 1. The van der Waals surface area contributed by atoms with Crippen molar-refractivity contribution in [2.75, 3.05) is 0 Å². The zero-order chi connectivity index (χ0) is 14.8. The molecule has 108 valence electrons. The molecule has 0 saturated carbocycles. The molecule has 0 radical (unpaired) electrons. The van der Waals surface area contributed by atoms with Crippen LogP contribution in [0.2, 0.25) is 0 Å². The van der Waals surface area contributed by atoms with Crippen LogP contribution in [0.25, 0.3) is 0 Å². The monoisotopic (exact) mass is 343 g/mol. The number of nitrogens with one attached hydrogen (secondary N) is 1. The van der Waals surface area contributed by atoms with Crippen LogP contribution in [0.5, 0.6) is 0 Å². The van der Waals surface area contributed by atoms with Crippen LogP contribution in [0, 0.1) is 6.92 Å². The third kappa shape index (κ3) is 3.18. The number of halogens is 1. The van der Waals surface area contributed by atoms with Crippen molar-refractivity contribution in [3.05, 3.63) is 70.8 Å². The van der Waals surface area contributed by atoms with E-state index in [2.05, 4.69) is 46.4 Å².